The molecule has 0 spiro atoms. The van der Waals surface area contributed by atoms with Crippen LogP contribution in [0.3, 0.4) is 0 Å². The molecule has 0 aromatic carbocycles. The van der Waals surface area contributed by atoms with Gasteiger partial charge in [-0.25, -0.2) is 0 Å². The maximum atomic E-state index is 5.63. The topological polar surface area (TPSA) is 12.0 Å². The molecule has 0 amide bonds. The Balaban J connectivity index is 3.63. The van der Waals surface area contributed by atoms with Gasteiger partial charge in [0.1, 0.15) is 0 Å². The number of alkyl halides is 1. The van der Waals surface area contributed by atoms with Crippen molar-refractivity contribution in [2.24, 2.45) is 0 Å². The van der Waals surface area contributed by atoms with Gasteiger partial charge in [0.25, 0.3) is 0 Å². The second-order valence-corrected chi connectivity index (χ2v) is 4.00. The van der Waals surface area contributed by atoms with Gasteiger partial charge < -0.3 is 5.32 Å². The van der Waals surface area contributed by atoms with Crippen LogP contribution >= 0.6 is 11.6 Å². The van der Waals surface area contributed by atoms with Gasteiger partial charge in [-0.3, -0.25) is 0 Å². The lowest BCUT2D eigenvalue weighted by molar-refractivity contribution is 0.346. The first-order chi connectivity index (χ1) is 4.48. The molecule has 1 N–H and O–H groups in total. The molecule has 0 saturated carbocycles. The lowest BCUT2D eigenvalue weighted by Crippen LogP contribution is -2.43. The van der Waals surface area contributed by atoms with Crippen LogP contribution in [0, 0.1) is 0 Å². The van der Waals surface area contributed by atoms with Gasteiger partial charge in [-0.05, 0) is 20.3 Å². The highest BCUT2D eigenvalue weighted by Crippen LogP contribution is 2.09. The molecule has 0 bridgehead atoms. The molecule has 0 saturated heterocycles. The Morgan fingerprint density at radius 2 is 1.90 bits per heavy atom. The monoisotopic (exact) mass is 163 g/mol. The summed E-state index contributed by atoms with van der Waals surface area (Å²) in [7, 11) is 0. The lowest BCUT2D eigenvalue weighted by atomic mass is 10.0. The van der Waals surface area contributed by atoms with Crippen molar-refractivity contribution in [3.05, 3.63) is 0 Å². The first-order valence-corrected chi connectivity index (χ1v) is 4.35. The van der Waals surface area contributed by atoms with Crippen molar-refractivity contribution in [1.29, 1.82) is 0 Å². The molecule has 0 unspecified atom stereocenters. The van der Waals surface area contributed by atoms with E-state index in [0.717, 1.165) is 12.3 Å². The molecule has 0 atom stereocenters. The van der Waals surface area contributed by atoms with Gasteiger partial charge in [0.05, 0.1) is 0 Å². The van der Waals surface area contributed by atoms with E-state index in [2.05, 4.69) is 33.0 Å². The molecule has 2 heteroatoms. The number of nitrogens with one attached hydrogen (secondary N) is 1. The molecule has 0 aliphatic carbocycles. The molecule has 0 radical (unpaired) electrons. The summed E-state index contributed by atoms with van der Waals surface area (Å²) in [4.78, 5) is 0. The summed E-state index contributed by atoms with van der Waals surface area (Å²) < 4.78 is 0. The normalized spacial score (nSPS) is 12.6. The minimum Gasteiger partial charge on any atom is -0.310 e. The summed E-state index contributed by atoms with van der Waals surface area (Å²) in [6.45, 7) is 8.65. The van der Waals surface area contributed by atoms with E-state index >= 15 is 0 Å². The second kappa shape index (κ2) is 4.20. The van der Waals surface area contributed by atoms with Crippen LogP contribution in [-0.4, -0.2) is 17.5 Å². The molecule has 0 aromatic rings. The average Bonchev–Trinajstić information content (AvgIpc) is 1.59. The molecule has 0 aliphatic rings. The zero-order chi connectivity index (χ0) is 8.20. The summed E-state index contributed by atoms with van der Waals surface area (Å²) in [6, 6.07) is 0.540. The van der Waals surface area contributed by atoms with Crippen LogP contribution in [-0.2, 0) is 0 Å². The Morgan fingerprint density at radius 3 is 2.20 bits per heavy atom. The van der Waals surface area contributed by atoms with Crippen LogP contribution in [0.1, 0.15) is 34.1 Å². The van der Waals surface area contributed by atoms with E-state index in [9.17, 15) is 0 Å². The molecule has 10 heavy (non-hydrogen) atoms. The van der Waals surface area contributed by atoms with Gasteiger partial charge in [-0.15, -0.1) is 11.6 Å². The fourth-order valence-corrected chi connectivity index (χ4v) is 1.56. The lowest BCUT2D eigenvalue weighted by Gasteiger charge is -2.27. The molecule has 0 fully saturated rings. The Morgan fingerprint density at radius 1 is 1.40 bits per heavy atom. The third-order valence-corrected chi connectivity index (χ3v) is 1.59. The predicted octanol–water partition coefficient (Wildman–Crippen LogP) is 2.39. The van der Waals surface area contributed by atoms with Gasteiger partial charge in [0, 0.05) is 17.5 Å². The second-order valence-electron chi connectivity index (χ2n) is 3.62. The van der Waals surface area contributed by atoms with Gasteiger partial charge in [-0.2, -0.15) is 0 Å². The minimum atomic E-state index is 0.190. The summed E-state index contributed by atoms with van der Waals surface area (Å²) in [6.07, 6.45) is 1.02. The van der Waals surface area contributed by atoms with E-state index in [4.69, 9.17) is 11.6 Å². The predicted molar refractivity (Wildman–Crippen MR) is 47.7 cm³/mol. The first-order valence-electron chi connectivity index (χ1n) is 3.81. The highest BCUT2D eigenvalue weighted by atomic mass is 35.5. The SMILES string of the molecule is CC(C)NC(C)(C)CCCl. The summed E-state index contributed by atoms with van der Waals surface area (Å²) in [5.41, 5.74) is 0.190. The first kappa shape index (κ1) is 10.2. The highest BCUT2D eigenvalue weighted by Gasteiger charge is 2.16. The van der Waals surface area contributed by atoms with Gasteiger partial charge in [-0.1, -0.05) is 13.8 Å². The Labute approximate surface area is 69.1 Å². The van der Waals surface area contributed by atoms with Crippen LogP contribution in [0.4, 0.5) is 0 Å². The van der Waals surface area contributed by atoms with Crippen molar-refractivity contribution in [3.63, 3.8) is 0 Å². The van der Waals surface area contributed by atoms with Gasteiger partial charge >= 0.3 is 0 Å². The van der Waals surface area contributed by atoms with E-state index < -0.39 is 0 Å². The summed E-state index contributed by atoms with van der Waals surface area (Å²) in [5.74, 6) is 0.729. The molecule has 0 aromatic heterocycles. The zero-order valence-corrected chi connectivity index (χ0v) is 8.13. The van der Waals surface area contributed by atoms with Crippen molar-refractivity contribution in [3.8, 4) is 0 Å². The third kappa shape index (κ3) is 5.07. The Kier molecular flexibility index (Phi) is 4.30. The largest absolute Gasteiger partial charge is 0.310 e. The fourth-order valence-electron chi connectivity index (χ4n) is 1.09. The van der Waals surface area contributed by atoms with Crippen LogP contribution in [0.15, 0.2) is 0 Å². The number of hydrogen-bond acceptors (Lipinski definition) is 1. The standard InChI is InChI=1S/C8H18ClN/c1-7(2)10-8(3,4)5-6-9/h7,10H,5-6H2,1-4H3. The quantitative estimate of drug-likeness (QED) is 0.628. The van der Waals surface area contributed by atoms with Gasteiger partial charge in [0.2, 0.25) is 0 Å². The maximum Gasteiger partial charge on any atom is 0.0240 e. The van der Waals surface area contributed by atoms with Crippen LogP contribution in [0.5, 0.6) is 0 Å². The van der Waals surface area contributed by atoms with Crippen LogP contribution < -0.4 is 5.32 Å². The van der Waals surface area contributed by atoms with Crippen LogP contribution in [0.25, 0.3) is 0 Å². The average molecular weight is 164 g/mol. The molecule has 62 valence electrons. The fraction of sp³-hybridized carbons (Fsp3) is 1.00. The van der Waals surface area contributed by atoms with E-state index in [0.29, 0.717) is 6.04 Å². The maximum absolute atomic E-state index is 5.63. The van der Waals surface area contributed by atoms with E-state index in [1.54, 1.807) is 0 Å². The van der Waals surface area contributed by atoms with E-state index in [1.807, 2.05) is 0 Å². The Hall–Kier alpha value is 0.250. The molecular weight excluding hydrogens is 146 g/mol. The number of hydrogen-bond donors (Lipinski definition) is 1. The zero-order valence-electron chi connectivity index (χ0n) is 7.37. The Bertz CT molecular complexity index is 89.3. The smallest absolute Gasteiger partial charge is 0.0240 e. The number of rotatable bonds is 4. The van der Waals surface area contributed by atoms with Crippen molar-refractivity contribution in [1.82, 2.24) is 5.32 Å². The third-order valence-electron chi connectivity index (χ3n) is 1.40. The summed E-state index contributed by atoms with van der Waals surface area (Å²) in [5, 5.41) is 3.44. The number of halogens is 1. The molecule has 0 rings (SSSR count). The molecule has 1 nitrogen and oxygen atoms in total. The van der Waals surface area contributed by atoms with E-state index in [1.165, 1.54) is 0 Å². The van der Waals surface area contributed by atoms with Crippen molar-refractivity contribution in [2.45, 2.75) is 45.7 Å². The molecule has 0 heterocycles. The van der Waals surface area contributed by atoms with Crippen molar-refractivity contribution < 1.29 is 0 Å². The van der Waals surface area contributed by atoms with Crippen LogP contribution in [0.2, 0.25) is 0 Å². The minimum absolute atomic E-state index is 0.190. The van der Waals surface area contributed by atoms with Crippen molar-refractivity contribution >= 4 is 11.6 Å². The summed E-state index contributed by atoms with van der Waals surface area (Å²) >= 11 is 5.63. The van der Waals surface area contributed by atoms with Gasteiger partial charge in [0.15, 0.2) is 0 Å². The van der Waals surface area contributed by atoms with Crippen molar-refractivity contribution in [2.75, 3.05) is 5.88 Å². The highest BCUT2D eigenvalue weighted by molar-refractivity contribution is 6.17. The molecule has 0 aliphatic heterocycles. The van der Waals surface area contributed by atoms with E-state index in [-0.39, 0.29) is 5.54 Å². The molecular formula is C8H18ClN.